The Labute approximate surface area is 131 Å². The van der Waals surface area contributed by atoms with Crippen LogP contribution in [-0.4, -0.2) is 51.6 Å². The molecule has 122 valence electrons. The number of ether oxygens (including phenoxy) is 1. The summed E-state index contributed by atoms with van der Waals surface area (Å²) in [4.78, 5) is 12.4. The molecule has 0 atom stereocenters. The minimum absolute atomic E-state index is 0.276. The van der Waals surface area contributed by atoms with Gasteiger partial charge in [0.2, 0.25) is 5.91 Å². The van der Waals surface area contributed by atoms with Crippen LogP contribution in [0.25, 0.3) is 0 Å². The Bertz CT molecular complexity index is 595. The van der Waals surface area contributed by atoms with Crippen LogP contribution in [0.5, 0.6) is 5.75 Å². The molecule has 0 radical (unpaired) electrons. The Hall–Kier alpha value is -1.60. The van der Waals surface area contributed by atoms with Gasteiger partial charge in [0.1, 0.15) is 12.4 Å². The highest BCUT2D eigenvalue weighted by molar-refractivity contribution is 7.92. The van der Waals surface area contributed by atoms with Gasteiger partial charge in [0.15, 0.2) is 14.6 Å². The van der Waals surface area contributed by atoms with Crippen molar-refractivity contribution in [3.63, 3.8) is 0 Å². The third-order valence-electron chi connectivity index (χ3n) is 3.93. The zero-order chi connectivity index (χ0) is 16.1. The fourth-order valence-corrected chi connectivity index (χ4v) is 3.96. The number of para-hydroxylation sites is 1. The van der Waals surface area contributed by atoms with Gasteiger partial charge in [0.25, 0.3) is 0 Å². The second kappa shape index (κ2) is 7.11. The lowest BCUT2D eigenvalue weighted by Gasteiger charge is -2.34. The van der Waals surface area contributed by atoms with Crippen molar-refractivity contribution in [2.24, 2.45) is 0 Å². The molecule has 6 nitrogen and oxygen atoms in total. The Morgan fingerprint density at radius 3 is 2.50 bits per heavy atom. The number of benzene rings is 1. The van der Waals surface area contributed by atoms with Gasteiger partial charge in [-0.15, -0.1) is 0 Å². The Morgan fingerprint density at radius 1 is 1.27 bits per heavy atom. The summed E-state index contributed by atoms with van der Waals surface area (Å²) in [5.74, 6) is 0.296. The van der Waals surface area contributed by atoms with Crippen LogP contribution in [0.4, 0.5) is 0 Å². The minimum atomic E-state index is -3.47. The molecule has 1 heterocycles. The van der Waals surface area contributed by atoms with Crippen molar-refractivity contribution in [1.29, 1.82) is 0 Å². The summed E-state index contributed by atoms with van der Waals surface area (Å²) in [5.41, 5.74) is 0. The lowest BCUT2D eigenvalue weighted by Crippen LogP contribution is -2.57. The fraction of sp³-hybridized carbons (Fsp3) is 0.533. The summed E-state index contributed by atoms with van der Waals surface area (Å²) >= 11 is 0. The molecule has 0 unspecified atom stereocenters. The Morgan fingerprint density at radius 2 is 1.91 bits per heavy atom. The van der Waals surface area contributed by atoms with E-state index in [1.807, 2.05) is 30.3 Å². The second-order valence-electron chi connectivity index (χ2n) is 5.43. The van der Waals surface area contributed by atoms with Crippen molar-refractivity contribution in [3.8, 4) is 5.75 Å². The molecule has 1 saturated heterocycles. The molecule has 1 aromatic carbocycles. The SMILES string of the molecule is CS(=O)(=O)C1(C(=O)NCCOc2ccccc2)CCNCC1. The normalized spacial score (nSPS) is 17.7. The molecule has 0 aliphatic carbocycles. The van der Waals surface area contributed by atoms with Gasteiger partial charge in [-0.3, -0.25) is 4.79 Å². The van der Waals surface area contributed by atoms with Gasteiger partial charge >= 0.3 is 0 Å². The Balaban J connectivity index is 1.89. The van der Waals surface area contributed by atoms with Gasteiger partial charge < -0.3 is 15.4 Å². The first-order valence-corrected chi connectivity index (χ1v) is 9.21. The van der Waals surface area contributed by atoms with Crippen molar-refractivity contribution in [1.82, 2.24) is 10.6 Å². The monoisotopic (exact) mass is 326 g/mol. The maximum atomic E-state index is 12.4. The van der Waals surface area contributed by atoms with E-state index in [9.17, 15) is 13.2 Å². The molecule has 7 heteroatoms. The maximum Gasteiger partial charge on any atom is 0.241 e. The first kappa shape index (κ1) is 16.8. The van der Waals surface area contributed by atoms with Gasteiger partial charge in [-0.2, -0.15) is 0 Å². The summed E-state index contributed by atoms with van der Waals surface area (Å²) in [6.07, 6.45) is 1.74. The van der Waals surface area contributed by atoms with Gasteiger partial charge in [0, 0.05) is 6.26 Å². The van der Waals surface area contributed by atoms with E-state index in [1.54, 1.807) is 0 Å². The molecular formula is C15H22N2O4S. The number of hydrogen-bond donors (Lipinski definition) is 2. The average Bonchev–Trinajstić information content (AvgIpc) is 2.52. The number of piperidine rings is 1. The van der Waals surface area contributed by atoms with Crippen LogP contribution in [0.15, 0.2) is 30.3 Å². The molecule has 1 aliphatic heterocycles. The van der Waals surface area contributed by atoms with Gasteiger partial charge in [0.05, 0.1) is 6.54 Å². The summed E-state index contributed by atoms with van der Waals surface area (Å²) in [6, 6.07) is 9.27. The molecule has 1 fully saturated rings. The van der Waals surface area contributed by atoms with Gasteiger partial charge in [-0.05, 0) is 38.1 Å². The number of hydrogen-bond acceptors (Lipinski definition) is 5. The van der Waals surface area contributed by atoms with Crippen LogP contribution >= 0.6 is 0 Å². The summed E-state index contributed by atoms with van der Waals surface area (Å²) in [7, 11) is -3.47. The molecule has 0 spiro atoms. The largest absolute Gasteiger partial charge is 0.492 e. The zero-order valence-electron chi connectivity index (χ0n) is 12.7. The molecule has 1 aliphatic rings. The van der Waals surface area contributed by atoms with E-state index in [2.05, 4.69) is 10.6 Å². The van der Waals surface area contributed by atoms with E-state index >= 15 is 0 Å². The number of nitrogens with one attached hydrogen (secondary N) is 2. The highest BCUT2D eigenvalue weighted by atomic mass is 32.2. The van der Waals surface area contributed by atoms with Gasteiger partial charge in [-0.1, -0.05) is 18.2 Å². The van der Waals surface area contributed by atoms with E-state index in [4.69, 9.17) is 4.74 Å². The minimum Gasteiger partial charge on any atom is -0.492 e. The Kier molecular flexibility index (Phi) is 5.42. The average molecular weight is 326 g/mol. The van der Waals surface area contributed by atoms with E-state index in [1.165, 1.54) is 0 Å². The van der Waals surface area contributed by atoms with Crippen LogP contribution in [0.3, 0.4) is 0 Å². The predicted octanol–water partition coefficient (Wildman–Crippen LogP) is 0.348. The quantitative estimate of drug-likeness (QED) is 0.737. The molecule has 0 bridgehead atoms. The smallest absolute Gasteiger partial charge is 0.241 e. The molecule has 22 heavy (non-hydrogen) atoms. The molecular weight excluding hydrogens is 304 g/mol. The third-order valence-corrected chi connectivity index (χ3v) is 5.95. The van der Waals surface area contributed by atoms with Crippen LogP contribution in [0, 0.1) is 0 Å². The molecule has 0 aromatic heterocycles. The van der Waals surface area contributed by atoms with Crippen LogP contribution in [0.1, 0.15) is 12.8 Å². The molecule has 0 saturated carbocycles. The topological polar surface area (TPSA) is 84.5 Å². The molecule has 2 rings (SSSR count). The fourth-order valence-electron chi connectivity index (χ4n) is 2.61. The summed E-state index contributed by atoms with van der Waals surface area (Å²) in [5, 5.41) is 5.79. The third kappa shape index (κ3) is 3.78. The van der Waals surface area contributed by atoms with Gasteiger partial charge in [-0.25, -0.2) is 8.42 Å². The molecule has 1 amide bonds. The van der Waals surface area contributed by atoms with Crippen LogP contribution in [-0.2, 0) is 14.6 Å². The molecule has 1 aromatic rings. The van der Waals surface area contributed by atoms with Crippen molar-refractivity contribution in [2.75, 3.05) is 32.5 Å². The predicted molar refractivity (Wildman–Crippen MR) is 84.6 cm³/mol. The lowest BCUT2D eigenvalue weighted by atomic mass is 9.96. The number of amides is 1. The van der Waals surface area contributed by atoms with Crippen molar-refractivity contribution in [3.05, 3.63) is 30.3 Å². The van der Waals surface area contributed by atoms with E-state index in [-0.39, 0.29) is 6.54 Å². The maximum absolute atomic E-state index is 12.4. The first-order valence-electron chi connectivity index (χ1n) is 7.32. The highest BCUT2D eigenvalue weighted by Gasteiger charge is 2.48. The van der Waals surface area contributed by atoms with Crippen molar-refractivity contribution < 1.29 is 17.9 Å². The standard InChI is InChI=1S/C15H22N2O4S/c1-22(19,20)15(7-9-16-10-8-15)14(18)17-11-12-21-13-5-3-2-4-6-13/h2-6,16H,7-12H2,1H3,(H,17,18). The number of rotatable bonds is 6. The van der Waals surface area contributed by atoms with E-state index in [0.717, 1.165) is 12.0 Å². The summed E-state index contributed by atoms with van der Waals surface area (Å²) in [6.45, 7) is 1.63. The van der Waals surface area contributed by atoms with Crippen molar-refractivity contribution in [2.45, 2.75) is 17.6 Å². The number of carbonyl (C=O) groups is 1. The van der Waals surface area contributed by atoms with E-state index in [0.29, 0.717) is 32.5 Å². The zero-order valence-corrected chi connectivity index (χ0v) is 13.5. The van der Waals surface area contributed by atoms with Crippen LogP contribution < -0.4 is 15.4 Å². The highest BCUT2D eigenvalue weighted by Crippen LogP contribution is 2.27. The second-order valence-corrected chi connectivity index (χ2v) is 7.76. The number of carbonyl (C=O) groups excluding carboxylic acids is 1. The van der Waals surface area contributed by atoms with Crippen LogP contribution in [0.2, 0.25) is 0 Å². The van der Waals surface area contributed by atoms with Crippen molar-refractivity contribution >= 4 is 15.7 Å². The first-order chi connectivity index (χ1) is 10.5. The lowest BCUT2D eigenvalue weighted by molar-refractivity contribution is -0.124. The molecule has 2 N–H and O–H groups in total. The summed E-state index contributed by atoms with van der Waals surface area (Å²) < 4.78 is 28.3. The van der Waals surface area contributed by atoms with E-state index < -0.39 is 20.5 Å². The number of sulfone groups is 1.